The van der Waals surface area contributed by atoms with Crippen molar-refractivity contribution in [3.63, 3.8) is 0 Å². The van der Waals surface area contributed by atoms with Gasteiger partial charge in [0, 0.05) is 0 Å². The Labute approximate surface area is 223 Å². The van der Waals surface area contributed by atoms with Crippen LogP contribution in [0.1, 0.15) is 55.8 Å². The third kappa shape index (κ3) is 5.33. The molecular formula is C30H36O8. The Hall–Kier alpha value is -3.62. The van der Waals surface area contributed by atoms with E-state index in [9.17, 15) is 15.3 Å². The van der Waals surface area contributed by atoms with Crippen molar-refractivity contribution in [1.82, 2.24) is 0 Å². The Morgan fingerprint density at radius 1 is 0.684 bits per heavy atom. The Morgan fingerprint density at radius 2 is 1.18 bits per heavy atom. The number of methoxy groups -OCH3 is 3. The highest BCUT2D eigenvalue weighted by Gasteiger charge is 2.41. The fourth-order valence-electron chi connectivity index (χ4n) is 4.97. The van der Waals surface area contributed by atoms with E-state index in [0.29, 0.717) is 22.8 Å². The van der Waals surface area contributed by atoms with Crippen LogP contribution in [0.4, 0.5) is 0 Å². The summed E-state index contributed by atoms with van der Waals surface area (Å²) in [5, 5.41) is 30.7. The van der Waals surface area contributed by atoms with Gasteiger partial charge in [0.05, 0.1) is 33.5 Å². The van der Waals surface area contributed by atoms with Crippen molar-refractivity contribution in [3.8, 4) is 34.5 Å². The maximum atomic E-state index is 10.9. The minimum absolute atomic E-state index is 0.00116. The van der Waals surface area contributed by atoms with Crippen molar-refractivity contribution < 1.29 is 39.0 Å². The standard InChI is InChI=1S/C30H36O8/c1-16-17(2)30(38-29(16)20-8-11-23(32)26(14-20)35-5)21-9-12-24(27(15-21)36-6)37-18(3)28(33)19-7-10-22(31)25(13-19)34-4/h7-18,28-33H,1-6H3/t16-,17-,18-,28-,29-,30+/m0/s1. The summed E-state index contributed by atoms with van der Waals surface area (Å²) >= 11 is 0. The molecule has 38 heavy (non-hydrogen) atoms. The van der Waals surface area contributed by atoms with Crippen LogP contribution in [0.5, 0.6) is 34.5 Å². The fraction of sp³-hybridized carbons (Fsp3) is 0.400. The van der Waals surface area contributed by atoms with Gasteiger partial charge in [-0.25, -0.2) is 0 Å². The van der Waals surface area contributed by atoms with Gasteiger partial charge in [0.2, 0.25) is 0 Å². The summed E-state index contributed by atoms with van der Waals surface area (Å²) in [6.07, 6.45) is -1.91. The molecule has 8 nitrogen and oxygen atoms in total. The predicted molar refractivity (Wildman–Crippen MR) is 142 cm³/mol. The first-order valence-corrected chi connectivity index (χ1v) is 12.6. The number of hydrogen-bond donors (Lipinski definition) is 3. The summed E-state index contributed by atoms with van der Waals surface area (Å²) in [6.45, 7) is 6.08. The zero-order valence-electron chi connectivity index (χ0n) is 22.5. The lowest BCUT2D eigenvalue weighted by Gasteiger charge is -2.24. The maximum absolute atomic E-state index is 10.9. The lowest BCUT2D eigenvalue weighted by molar-refractivity contribution is 0.0284. The second kappa shape index (κ2) is 11.4. The minimum Gasteiger partial charge on any atom is -0.504 e. The van der Waals surface area contributed by atoms with Gasteiger partial charge >= 0.3 is 0 Å². The average Bonchev–Trinajstić information content (AvgIpc) is 3.22. The summed E-state index contributed by atoms with van der Waals surface area (Å²) in [5.74, 6) is 2.24. The van der Waals surface area contributed by atoms with Crippen molar-refractivity contribution in [2.75, 3.05) is 21.3 Å². The number of hydrogen-bond acceptors (Lipinski definition) is 8. The molecule has 6 atom stereocenters. The number of rotatable bonds is 9. The number of aromatic hydroxyl groups is 2. The smallest absolute Gasteiger partial charge is 0.161 e. The van der Waals surface area contributed by atoms with Gasteiger partial charge in [0.25, 0.3) is 0 Å². The van der Waals surface area contributed by atoms with Crippen LogP contribution in [-0.4, -0.2) is 42.8 Å². The molecule has 0 saturated carbocycles. The molecule has 1 saturated heterocycles. The first-order valence-electron chi connectivity index (χ1n) is 12.6. The highest BCUT2D eigenvalue weighted by atomic mass is 16.5. The molecule has 204 valence electrons. The normalized spacial score (nSPS) is 22.5. The fourth-order valence-corrected chi connectivity index (χ4v) is 4.97. The number of ether oxygens (including phenoxy) is 5. The van der Waals surface area contributed by atoms with Gasteiger partial charge in [0.15, 0.2) is 34.5 Å². The average molecular weight is 525 g/mol. The second-order valence-corrected chi connectivity index (χ2v) is 9.74. The number of aliphatic hydroxyl groups excluding tert-OH is 1. The van der Waals surface area contributed by atoms with E-state index in [2.05, 4.69) is 13.8 Å². The zero-order valence-corrected chi connectivity index (χ0v) is 22.5. The van der Waals surface area contributed by atoms with E-state index in [1.54, 1.807) is 32.2 Å². The topological polar surface area (TPSA) is 107 Å². The third-order valence-corrected chi connectivity index (χ3v) is 7.43. The van der Waals surface area contributed by atoms with Crippen LogP contribution < -0.4 is 18.9 Å². The molecule has 1 fully saturated rings. The molecule has 0 amide bonds. The van der Waals surface area contributed by atoms with Gasteiger partial charge in [-0.2, -0.15) is 0 Å². The molecule has 3 aromatic carbocycles. The van der Waals surface area contributed by atoms with Crippen molar-refractivity contribution in [1.29, 1.82) is 0 Å². The van der Waals surface area contributed by atoms with E-state index in [4.69, 9.17) is 23.7 Å². The van der Waals surface area contributed by atoms with Crippen molar-refractivity contribution in [2.24, 2.45) is 11.8 Å². The Balaban J connectivity index is 1.52. The number of phenolic OH excluding ortho intramolecular Hbond substituents is 2. The molecule has 4 rings (SSSR count). The van der Waals surface area contributed by atoms with Crippen LogP contribution in [0.3, 0.4) is 0 Å². The highest BCUT2D eigenvalue weighted by Crippen LogP contribution is 2.50. The first-order chi connectivity index (χ1) is 18.2. The molecule has 3 N–H and O–H groups in total. The largest absolute Gasteiger partial charge is 0.504 e. The van der Waals surface area contributed by atoms with E-state index in [1.807, 2.05) is 30.3 Å². The lowest BCUT2D eigenvalue weighted by atomic mass is 9.85. The molecule has 8 heteroatoms. The van der Waals surface area contributed by atoms with Crippen LogP contribution in [-0.2, 0) is 4.74 Å². The zero-order chi connectivity index (χ0) is 27.6. The Morgan fingerprint density at radius 3 is 1.76 bits per heavy atom. The molecule has 0 spiro atoms. The summed E-state index contributed by atoms with van der Waals surface area (Å²) in [6, 6.07) is 15.7. The summed E-state index contributed by atoms with van der Waals surface area (Å²) < 4.78 is 28.7. The first kappa shape index (κ1) is 27.4. The summed E-state index contributed by atoms with van der Waals surface area (Å²) in [5.41, 5.74) is 2.46. The molecule has 3 aromatic rings. The van der Waals surface area contributed by atoms with Gasteiger partial charge < -0.3 is 39.0 Å². The molecular weight excluding hydrogens is 488 g/mol. The van der Waals surface area contributed by atoms with Gasteiger partial charge in [-0.15, -0.1) is 0 Å². The van der Waals surface area contributed by atoms with Gasteiger partial charge in [-0.05, 0) is 71.8 Å². The van der Waals surface area contributed by atoms with Gasteiger partial charge in [0.1, 0.15) is 12.2 Å². The quantitative estimate of drug-likeness (QED) is 0.327. The van der Waals surface area contributed by atoms with Gasteiger partial charge in [-0.1, -0.05) is 32.0 Å². The van der Waals surface area contributed by atoms with E-state index in [1.165, 1.54) is 20.3 Å². The van der Waals surface area contributed by atoms with Crippen LogP contribution in [0.25, 0.3) is 0 Å². The molecule has 1 heterocycles. The Kier molecular flexibility index (Phi) is 8.23. The molecule has 0 radical (unpaired) electrons. The van der Waals surface area contributed by atoms with Crippen LogP contribution in [0.15, 0.2) is 54.6 Å². The van der Waals surface area contributed by atoms with Crippen molar-refractivity contribution in [3.05, 3.63) is 71.3 Å². The maximum Gasteiger partial charge on any atom is 0.161 e. The molecule has 0 aliphatic carbocycles. The molecule has 0 bridgehead atoms. The van der Waals surface area contributed by atoms with Crippen molar-refractivity contribution >= 4 is 0 Å². The van der Waals surface area contributed by atoms with Crippen LogP contribution >= 0.6 is 0 Å². The lowest BCUT2D eigenvalue weighted by Crippen LogP contribution is -2.22. The molecule has 1 aliphatic heterocycles. The minimum atomic E-state index is -0.962. The second-order valence-electron chi connectivity index (χ2n) is 9.74. The number of aliphatic hydroxyl groups is 1. The highest BCUT2D eigenvalue weighted by molar-refractivity contribution is 5.46. The van der Waals surface area contributed by atoms with E-state index >= 15 is 0 Å². The number of benzene rings is 3. The monoisotopic (exact) mass is 524 g/mol. The molecule has 0 aromatic heterocycles. The molecule has 0 unspecified atom stereocenters. The van der Waals surface area contributed by atoms with Crippen LogP contribution in [0.2, 0.25) is 0 Å². The van der Waals surface area contributed by atoms with Crippen molar-refractivity contribution in [2.45, 2.75) is 45.2 Å². The summed E-state index contributed by atoms with van der Waals surface area (Å²) in [7, 11) is 4.56. The van der Waals surface area contributed by atoms with E-state index < -0.39 is 12.2 Å². The van der Waals surface area contributed by atoms with Gasteiger partial charge in [-0.3, -0.25) is 0 Å². The van der Waals surface area contributed by atoms with E-state index in [-0.39, 0.29) is 41.3 Å². The SMILES string of the molecule is COc1cc([C@@H](O)[C@H](C)Oc2ccc([C@@H]3O[C@H](c4ccc(O)c(OC)c4)[C@@H](C)[C@@H]3C)cc2OC)ccc1O. The van der Waals surface area contributed by atoms with Crippen LogP contribution in [0, 0.1) is 11.8 Å². The van der Waals surface area contributed by atoms with E-state index in [0.717, 1.165) is 11.1 Å². The predicted octanol–water partition coefficient (Wildman–Crippen LogP) is 5.71. The third-order valence-electron chi connectivity index (χ3n) is 7.43. The number of phenols is 2. The molecule has 1 aliphatic rings. The summed E-state index contributed by atoms with van der Waals surface area (Å²) in [4.78, 5) is 0. The Bertz CT molecular complexity index is 1260.